The first-order valence-electron chi connectivity index (χ1n) is 7.94. The van der Waals surface area contributed by atoms with Crippen LogP contribution in [0.25, 0.3) is 0 Å². The molecule has 2 amide bonds. The van der Waals surface area contributed by atoms with Gasteiger partial charge in [0.1, 0.15) is 6.61 Å². The number of rotatable bonds is 4. The minimum absolute atomic E-state index is 0.0387. The number of cyclic esters (lactones) is 1. The lowest BCUT2D eigenvalue weighted by molar-refractivity contribution is -0.389. The van der Waals surface area contributed by atoms with Gasteiger partial charge >= 0.3 is 17.9 Å². The first-order chi connectivity index (χ1) is 12.4. The second kappa shape index (κ2) is 6.98. The summed E-state index contributed by atoms with van der Waals surface area (Å²) in [5.74, 6) is -1.33. The van der Waals surface area contributed by atoms with Crippen LogP contribution >= 0.6 is 0 Å². The molecule has 0 aromatic carbocycles. The van der Waals surface area contributed by atoms with Crippen LogP contribution in [0.5, 0.6) is 0 Å². The molecule has 2 saturated heterocycles. The zero-order valence-corrected chi connectivity index (χ0v) is 13.9. The van der Waals surface area contributed by atoms with Crippen molar-refractivity contribution in [1.29, 1.82) is 0 Å². The van der Waals surface area contributed by atoms with Crippen molar-refractivity contribution in [2.45, 2.75) is 24.9 Å². The highest BCUT2D eigenvalue weighted by Gasteiger charge is 2.44. The van der Waals surface area contributed by atoms with Gasteiger partial charge in [0, 0.05) is 19.1 Å². The highest BCUT2D eigenvalue weighted by atomic mass is 16.6. The number of hydrogen-bond acceptors (Lipinski definition) is 8. The Morgan fingerprint density at radius 1 is 1.42 bits per heavy atom. The number of nitrogens with one attached hydrogen (secondary N) is 1. The summed E-state index contributed by atoms with van der Waals surface area (Å²) in [5, 5.41) is 16.5. The van der Waals surface area contributed by atoms with E-state index in [0.29, 0.717) is 25.9 Å². The predicted molar refractivity (Wildman–Crippen MR) is 83.2 cm³/mol. The van der Waals surface area contributed by atoms with Crippen LogP contribution < -0.4 is 0 Å². The van der Waals surface area contributed by atoms with Crippen molar-refractivity contribution < 1.29 is 28.8 Å². The van der Waals surface area contributed by atoms with Crippen molar-refractivity contribution in [3.05, 3.63) is 21.9 Å². The van der Waals surface area contributed by atoms with Crippen LogP contribution in [0.3, 0.4) is 0 Å². The molecule has 140 valence electrons. The average Bonchev–Trinajstić information content (AvgIpc) is 3.28. The number of ether oxygens (including phenoxy) is 2. The van der Waals surface area contributed by atoms with E-state index < -0.39 is 28.9 Å². The molecule has 0 radical (unpaired) electrons. The maximum atomic E-state index is 12.4. The summed E-state index contributed by atoms with van der Waals surface area (Å²) >= 11 is 0. The van der Waals surface area contributed by atoms with E-state index in [0.717, 1.165) is 6.07 Å². The average molecular weight is 367 g/mol. The van der Waals surface area contributed by atoms with E-state index in [9.17, 15) is 24.5 Å². The van der Waals surface area contributed by atoms with Crippen LogP contribution in [0.15, 0.2) is 6.07 Å². The third-order valence-corrected chi connectivity index (χ3v) is 4.51. The molecule has 0 aliphatic carbocycles. The summed E-state index contributed by atoms with van der Waals surface area (Å²) in [6.45, 7) is 0.589. The maximum absolute atomic E-state index is 12.4. The molecule has 1 atom stereocenters. The number of methoxy groups -OCH3 is 1. The lowest BCUT2D eigenvalue weighted by Crippen LogP contribution is -2.52. The molecule has 0 unspecified atom stereocenters. The van der Waals surface area contributed by atoms with Crippen LogP contribution in [0.2, 0.25) is 0 Å². The van der Waals surface area contributed by atoms with Crippen LogP contribution in [0, 0.1) is 10.1 Å². The van der Waals surface area contributed by atoms with Crippen molar-refractivity contribution in [3.8, 4) is 0 Å². The number of H-pyrrole nitrogens is 1. The lowest BCUT2D eigenvalue weighted by atomic mass is 10.0. The second-order valence-electron chi connectivity index (χ2n) is 5.94. The number of carbonyl (C=O) groups is 3. The van der Waals surface area contributed by atoms with E-state index in [2.05, 4.69) is 10.2 Å². The van der Waals surface area contributed by atoms with E-state index >= 15 is 0 Å². The smallest absolute Gasteiger partial charge is 0.410 e. The van der Waals surface area contributed by atoms with Gasteiger partial charge in [0.15, 0.2) is 11.7 Å². The standard InChI is InChI=1S/C14H17N5O7/c1-25-13(21)10-7-26-14(22)18(10)8-2-4-17(5-3-8)12(20)9-6-11(16-15-9)19(23)24/h6,8,10H,2-5,7H2,1H3,(H,15,16)/t10-/m1/s1. The fraction of sp³-hybridized carbons (Fsp3) is 0.571. The van der Waals surface area contributed by atoms with E-state index in [1.807, 2.05) is 0 Å². The van der Waals surface area contributed by atoms with E-state index in [-0.39, 0.29) is 24.2 Å². The Balaban J connectivity index is 1.63. The van der Waals surface area contributed by atoms with E-state index in [1.54, 1.807) is 0 Å². The van der Waals surface area contributed by atoms with Gasteiger partial charge in [0.05, 0.1) is 13.2 Å². The van der Waals surface area contributed by atoms with Crippen molar-refractivity contribution >= 4 is 23.8 Å². The van der Waals surface area contributed by atoms with Crippen molar-refractivity contribution in [1.82, 2.24) is 20.0 Å². The van der Waals surface area contributed by atoms with Crippen LogP contribution in [-0.2, 0) is 14.3 Å². The highest BCUT2D eigenvalue weighted by Crippen LogP contribution is 2.25. The molecule has 1 aromatic heterocycles. The summed E-state index contributed by atoms with van der Waals surface area (Å²) in [5.41, 5.74) is -0.0387. The minimum atomic E-state index is -0.784. The molecule has 12 heteroatoms. The van der Waals surface area contributed by atoms with Crippen molar-refractivity contribution in [3.63, 3.8) is 0 Å². The summed E-state index contributed by atoms with van der Waals surface area (Å²) in [6.07, 6.45) is 0.315. The molecular formula is C14H17N5O7. The molecule has 3 rings (SSSR count). The number of carbonyl (C=O) groups excluding carboxylic acids is 3. The zero-order valence-electron chi connectivity index (χ0n) is 13.9. The van der Waals surface area contributed by atoms with E-state index in [1.165, 1.54) is 16.9 Å². The fourth-order valence-electron chi connectivity index (χ4n) is 3.18. The first-order valence-corrected chi connectivity index (χ1v) is 7.94. The molecule has 1 N–H and O–H groups in total. The first kappa shape index (κ1) is 17.6. The summed E-state index contributed by atoms with van der Waals surface area (Å²) in [6, 6.07) is 0.0416. The highest BCUT2D eigenvalue weighted by molar-refractivity contribution is 5.93. The van der Waals surface area contributed by atoms with Gasteiger partial charge in [-0.2, -0.15) is 0 Å². The summed E-state index contributed by atoms with van der Waals surface area (Å²) < 4.78 is 9.65. The van der Waals surface area contributed by atoms with Crippen molar-refractivity contribution in [2.24, 2.45) is 0 Å². The minimum Gasteiger partial charge on any atom is -0.467 e. The normalized spacial score (nSPS) is 20.8. The van der Waals surface area contributed by atoms with Crippen LogP contribution in [0.4, 0.5) is 10.6 Å². The Labute approximate surface area is 147 Å². The van der Waals surface area contributed by atoms with Gasteiger partial charge < -0.3 is 24.5 Å². The number of amides is 2. The number of likely N-dealkylation sites (tertiary alicyclic amines) is 1. The Bertz CT molecular complexity index is 740. The second-order valence-corrected chi connectivity index (χ2v) is 5.94. The van der Waals surface area contributed by atoms with Gasteiger partial charge in [-0.3, -0.25) is 9.69 Å². The summed E-state index contributed by atoms with van der Waals surface area (Å²) in [4.78, 5) is 49.0. The summed E-state index contributed by atoms with van der Waals surface area (Å²) in [7, 11) is 1.24. The Hall–Kier alpha value is -3.18. The third kappa shape index (κ3) is 3.17. The number of hydrogen-bond donors (Lipinski definition) is 1. The molecule has 12 nitrogen and oxygen atoms in total. The quantitative estimate of drug-likeness (QED) is 0.441. The molecule has 2 aliphatic rings. The largest absolute Gasteiger partial charge is 0.467 e. The van der Waals surface area contributed by atoms with Gasteiger partial charge in [-0.15, -0.1) is 5.10 Å². The monoisotopic (exact) mass is 367 g/mol. The van der Waals surface area contributed by atoms with Crippen molar-refractivity contribution in [2.75, 3.05) is 26.8 Å². The molecular weight excluding hydrogens is 350 g/mol. The number of aromatic amines is 1. The SMILES string of the molecule is COC(=O)[C@H]1COC(=O)N1C1CCN(C(=O)c2cc([N+](=O)[O-])[nH]n2)CC1. The van der Waals surface area contributed by atoms with E-state index in [4.69, 9.17) is 9.47 Å². The number of aromatic nitrogens is 2. The molecule has 0 bridgehead atoms. The molecule has 26 heavy (non-hydrogen) atoms. The maximum Gasteiger partial charge on any atom is 0.410 e. The third-order valence-electron chi connectivity index (χ3n) is 4.51. The van der Waals surface area contributed by atoms with Gasteiger partial charge in [-0.05, 0) is 17.8 Å². The van der Waals surface area contributed by atoms with Gasteiger partial charge in [0.25, 0.3) is 5.91 Å². The zero-order chi connectivity index (χ0) is 18.8. The van der Waals surface area contributed by atoms with Crippen LogP contribution in [0.1, 0.15) is 23.3 Å². The fourth-order valence-corrected chi connectivity index (χ4v) is 3.18. The Morgan fingerprint density at radius 3 is 2.69 bits per heavy atom. The molecule has 1 aromatic rings. The lowest BCUT2D eigenvalue weighted by Gasteiger charge is -2.36. The van der Waals surface area contributed by atoms with Gasteiger partial charge in [-0.25, -0.2) is 9.59 Å². The topological polar surface area (TPSA) is 148 Å². The Kier molecular flexibility index (Phi) is 4.73. The molecule has 2 aliphatic heterocycles. The number of nitrogens with zero attached hydrogens (tertiary/aromatic N) is 4. The molecule has 0 saturated carbocycles. The molecule has 3 heterocycles. The Morgan fingerprint density at radius 2 is 2.12 bits per heavy atom. The number of piperidine rings is 1. The van der Waals surface area contributed by atoms with Crippen LogP contribution in [-0.4, -0.2) is 81.8 Å². The molecule has 2 fully saturated rings. The number of nitro groups is 1. The van der Waals surface area contributed by atoms with Gasteiger partial charge in [0.2, 0.25) is 0 Å². The predicted octanol–water partition coefficient (Wildman–Crippen LogP) is -0.0837. The molecule has 0 spiro atoms. The number of esters is 1. The van der Waals surface area contributed by atoms with Gasteiger partial charge in [-0.1, -0.05) is 5.10 Å².